The molecule has 1 saturated heterocycles. The summed E-state index contributed by atoms with van der Waals surface area (Å²) in [4.78, 5) is 23.8. The molecule has 0 saturated carbocycles. The fraction of sp³-hybridized carbons (Fsp3) is 0.273. The molecule has 1 unspecified atom stereocenters. The molecule has 5 nitrogen and oxygen atoms in total. The molecule has 1 aliphatic rings. The largest absolute Gasteiger partial charge is 0.508 e. The van der Waals surface area contributed by atoms with E-state index in [0.717, 1.165) is 0 Å². The van der Waals surface area contributed by atoms with Crippen molar-refractivity contribution in [3.05, 3.63) is 24.3 Å². The fourth-order valence-corrected chi connectivity index (χ4v) is 1.88. The molecular formula is C11H11NO4. The molecule has 2 rings (SSSR count). The van der Waals surface area contributed by atoms with Gasteiger partial charge in [0, 0.05) is 18.2 Å². The summed E-state index contributed by atoms with van der Waals surface area (Å²) in [5.41, 5.74) is 0.426. The summed E-state index contributed by atoms with van der Waals surface area (Å²) < 4.78 is 0. The van der Waals surface area contributed by atoms with Gasteiger partial charge in [0.1, 0.15) is 11.8 Å². The molecule has 1 atom stereocenters. The minimum absolute atomic E-state index is 0.0151. The summed E-state index contributed by atoms with van der Waals surface area (Å²) in [6.07, 6.45) is 0.538. The van der Waals surface area contributed by atoms with Crippen LogP contribution in [0.3, 0.4) is 0 Å². The topological polar surface area (TPSA) is 77.8 Å². The van der Waals surface area contributed by atoms with Gasteiger partial charge in [-0.15, -0.1) is 0 Å². The Kier molecular flexibility index (Phi) is 2.52. The van der Waals surface area contributed by atoms with Crippen LogP contribution < -0.4 is 4.90 Å². The van der Waals surface area contributed by atoms with Crippen LogP contribution in [0.1, 0.15) is 12.8 Å². The lowest BCUT2D eigenvalue weighted by Crippen LogP contribution is -2.38. The summed E-state index contributed by atoms with van der Waals surface area (Å²) in [6, 6.07) is 5.22. The Morgan fingerprint density at radius 2 is 2.19 bits per heavy atom. The number of carboxylic acid groups (broad SMARTS) is 1. The second-order valence-electron chi connectivity index (χ2n) is 3.68. The molecule has 84 valence electrons. The van der Waals surface area contributed by atoms with Crippen molar-refractivity contribution in [3.8, 4) is 5.75 Å². The summed E-state index contributed by atoms with van der Waals surface area (Å²) >= 11 is 0. The summed E-state index contributed by atoms with van der Waals surface area (Å²) in [6.45, 7) is 0. The van der Waals surface area contributed by atoms with Crippen molar-refractivity contribution in [2.75, 3.05) is 4.90 Å². The fourth-order valence-electron chi connectivity index (χ4n) is 1.88. The predicted molar refractivity (Wildman–Crippen MR) is 56.3 cm³/mol. The van der Waals surface area contributed by atoms with Crippen LogP contribution in [0.5, 0.6) is 5.75 Å². The molecular weight excluding hydrogens is 210 g/mol. The second-order valence-corrected chi connectivity index (χ2v) is 3.68. The molecule has 2 N–H and O–H groups in total. The van der Waals surface area contributed by atoms with Crippen molar-refractivity contribution in [2.45, 2.75) is 18.9 Å². The molecule has 16 heavy (non-hydrogen) atoms. The van der Waals surface area contributed by atoms with Gasteiger partial charge in [-0.1, -0.05) is 6.07 Å². The Balaban J connectivity index is 2.37. The molecule has 0 aromatic heterocycles. The van der Waals surface area contributed by atoms with Crippen molar-refractivity contribution in [2.24, 2.45) is 0 Å². The summed E-state index contributed by atoms with van der Waals surface area (Å²) in [7, 11) is 0. The van der Waals surface area contributed by atoms with Gasteiger partial charge in [0.15, 0.2) is 0 Å². The van der Waals surface area contributed by atoms with Crippen molar-refractivity contribution < 1.29 is 19.8 Å². The first-order valence-corrected chi connectivity index (χ1v) is 4.93. The van der Waals surface area contributed by atoms with Gasteiger partial charge in [-0.3, -0.25) is 9.69 Å². The van der Waals surface area contributed by atoms with Crippen LogP contribution in [-0.4, -0.2) is 28.1 Å². The van der Waals surface area contributed by atoms with Crippen LogP contribution in [0.15, 0.2) is 24.3 Å². The van der Waals surface area contributed by atoms with Crippen molar-refractivity contribution in [3.63, 3.8) is 0 Å². The number of hydrogen-bond acceptors (Lipinski definition) is 3. The normalized spacial score (nSPS) is 20.1. The Morgan fingerprint density at radius 3 is 2.81 bits per heavy atom. The number of amides is 1. The quantitative estimate of drug-likeness (QED) is 0.780. The highest BCUT2D eigenvalue weighted by Crippen LogP contribution is 2.28. The number of phenolic OH excluding ortho intramolecular Hbond substituents is 1. The highest BCUT2D eigenvalue weighted by Gasteiger charge is 2.37. The minimum atomic E-state index is -1.02. The number of carboxylic acids is 1. The molecule has 1 amide bonds. The summed E-state index contributed by atoms with van der Waals surface area (Å²) in [5, 5.41) is 18.3. The van der Waals surface area contributed by atoms with Crippen LogP contribution in [0.25, 0.3) is 0 Å². The van der Waals surface area contributed by atoms with Gasteiger partial charge in [-0.05, 0) is 18.6 Å². The van der Waals surface area contributed by atoms with E-state index in [0.29, 0.717) is 12.1 Å². The molecule has 0 radical (unpaired) electrons. The SMILES string of the molecule is O=C(O)C1CCC(=O)N1c1cccc(O)c1. The zero-order valence-electron chi connectivity index (χ0n) is 8.46. The van der Waals surface area contributed by atoms with E-state index in [1.807, 2.05) is 0 Å². The van der Waals surface area contributed by atoms with Gasteiger partial charge in [-0.25, -0.2) is 4.79 Å². The zero-order chi connectivity index (χ0) is 11.7. The van der Waals surface area contributed by atoms with Gasteiger partial charge in [0.2, 0.25) is 5.91 Å². The second kappa shape index (κ2) is 3.84. The smallest absolute Gasteiger partial charge is 0.326 e. The Morgan fingerprint density at radius 1 is 1.44 bits per heavy atom. The molecule has 1 aromatic rings. The Hall–Kier alpha value is -2.04. The maximum atomic E-state index is 11.6. The average molecular weight is 221 g/mol. The number of phenols is 1. The third kappa shape index (κ3) is 1.71. The number of carbonyl (C=O) groups excluding carboxylic acids is 1. The van der Waals surface area contributed by atoms with Crippen LogP contribution in [-0.2, 0) is 9.59 Å². The molecule has 1 aliphatic heterocycles. The maximum Gasteiger partial charge on any atom is 0.326 e. The van der Waals surface area contributed by atoms with Gasteiger partial charge in [0.25, 0.3) is 0 Å². The number of aliphatic carboxylic acids is 1. The lowest BCUT2D eigenvalue weighted by atomic mass is 10.2. The number of nitrogens with zero attached hydrogens (tertiary/aromatic N) is 1. The first-order valence-electron chi connectivity index (χ1n) is 4.93. The predicted octanol–water partition coefficient (Wildman–Crippen LogP) is 0.972. The molecule has 5 heteroatoms. The van der Waals surface area contributed by atoms with E-state index in [9.17, 15) is 14.7 Å². The lowest BCUT2D eigenvalue weighted by Gasteiger charge is -2.21. The summed E-state index contributed by atoms with van der Waals surface area (Å²) in [5.74, 6) is -1.23. The highest BCUT2D eigenvalue weighted by molar-refractivity contribution is 6.02. The first kappa shape index (κ1) is 10.5. The number of aromatic hydroxyl groups is 1. The number of carbonyl (C=O) groups is 2. The maximum absolute atomic E-state index is 11.6. The van der Waals surface area contributed by atoms with E-state index in [1.165, 1.54) is 17.0 Å². The van der Waals surface area contributed by atoms with Gasteiger partial charge in [-0.2, -0.15) is 0 Å². The zero-order valence-corrected chi connectivity index (χ0v) is 8.46. The van der Waals surface area contributed by atoms with E-state index in [1.54, 1.807) is 12.1 Å². The van der Waals surface area contributed by atoms with Crippen molar-refractivity contribution >= 4 is 17.6 Å². The lowest BCUT2D eigenvalue weighted by molar-refractivity contribution is -0.138. The van der Waals surface area contributed by atoms with E-state index in [2.05, 4.69) is 0 Å². The van der Waals surface area contributed by atoms with Gasteiger partial charge >= 0.3 is 5.97 Å². The molecule has 1 heterocycles. The number of hydrogen-bond donors (Lipinski definition) is 2. The van der Waals surface area contributed by atoms with Crippen molar-refractivity contribution in [1.82, 2.24) is 0 Å². The van der Waals surface area contributed by atoms with Crippen LogP contribution >= 0.6 is 0 Å². The van der Waals surface area contributed by atoms with Crippen LogP contribution in [0.4, 0.5) is 5.69 Å². The highest BCUT2D eigenvalue weighted by atomic mass is 16.4. The monoisotopic (exact) mass is 221 g/mol. The average Bonchev–Trinajstić information content (AvgIpc) is 2.60. The molecule has 1 fully saturated rings. The Labute approximate surface area is 91.9 Å². The van der Waals surface area contributed by atoms with E-state index in [-0.39, 0.29) is 18.1 Å². The van der Waals surface area contributed by atoms with Gasteiger partial charge in [0.05, 0.1) is 0 Å². The number of rotatable bonds is 2. The minimum Gasteiger partial charge on any atom is -0.508 e. The molecule has 0 spiro atoms. The van der Waals surface area contributed by atoms with Gasteiger partial charge < -0.3 is 10.2 Å². The van der Waals surface area contributed by atoms with E-state index >= 15 is 0 Å². The third-order valence-corrected chi connectivity index (χ3v) is 2.60. The van der Waals surface area contributed by atoms with E-state index in [4.69, 9.17) is 5.11 Å². The van der Waals surface area contributed by atoms with Crippen LogP contribution in [0, 0.1) is 0 Å². The Bertz CT molecular complexity index is 443. The number of anilines is 1. The van der Waals surface area contributed by atoms with Crippen LogP contribution in [0.2, 0.25) is 0 Å². The standard InChI is InChI=1S/C11H11NO4/c13-8-3-1-2-7(6-8)12-9(11(15)16)4-5-10(12)14/h1-3,6,9,13H,4-5H2,(H,15,16). The van der Waals surface area contributed by atoms with E-state index < -0.39 is 12.0 Å². The molecule has 0 aliphatic carbocycles. The first-order chi connectivity index (χ1) is 7.59. The molecule has 1 aromatic carbocycles. The van der Waals surface area contributed by atoms with Crippen molar-refractivity contribution in [1.29, 1.82) is 0 Å². The molecule has 0 bridgehead atoms. The number of benzene rings is 1. The third-order valence-electron chi connectivity index (χ3n) is 2.60.